The molecule has 0 saturated carbocycles. The molecule has 0 unspecified atom stereocenters. The van der Waals surface area contributed by atoms with Gasteiger partial charge in [0.1, 0.15) is 5.75 Å². The summed E-state index contributed by atoms with van der Waals surface area (Å²) in [4.78, 5) is 2.38. The van der Waals surface area contributed by atoms with Crippen LogP contribution in [-0.4, -0.2) is 21.2 Å². The first-order valence-electron chi connectivity index (χ1n) is 6.66. The smallest absolute Gasteiger partial charge is 0.276 e. The lowest BCUT2D eigenvalue weighted by Gasteiger charge is -2.09. The fraction of sp³-hybridized carbons (Fsp3) is 0.133. The molecule has 0 radical (unpaired) electrons. The van der Waals surface area contributed by atoms with Crippen LogP contribution < -0.4 is 9.57 Å². The maximum atomic E-state index is 12.0. The topological polar surface area (TPSA) is 67.8 Å². The van der Waals surface area contributed by atoms with E-state index in [0.29, 0.717) is 6.61 Å². The first kappa shape index (κ1) is 18.5. The van der Waals surface area contributed by atoms with Crippen molar-refractivity contribution in [1.29, 1.82) is 0 Å². The molecule has 0 aliphatic rings. The minimum absolute atomic E-state index is 0.174. The number of hydrazone groups is 1. The van der Waals surface area contributed by atoms with Gasteiger partial charge in [0.2, 0.25) is 0 Å². The van der Waals surface area contributed by atoms with Crippen LogP contribution in [0.3, 0.4) is 0 Å². The van der Waals surface area contributed by atoms with Crippen LogP contribution in [0.15, 0.2) is 52.5 Å². The minimum atomic E-state index is -3.64. The number of nitrogens with one attached hydrogen (secondary N) is 1. The van der Waals surface area contributed by atoms with Crippen molar-refractivity contribution >= 4 is 61.4 Å². The Hall–Kier alpha value is -0.880. The Balaban J connectivity index is 2.15. The van der Waals surface area contributed by atoms with Crippen molar-refractivity contribution in [3.8, 4) is 5.75 Å². The summed E-state index contributed by atoms with van der Waals surface area (Å²) in [5, 5.41) is 3.84. The van der Waals surface area contributed by atoms with Gasteiger partial charge in [-0.2, -0.15) is 13.5 Å². The Labute approximate surface area is 162 Å². The van der Waals surface area contributed by atoms with Gasteiger partial charge in [0.05, 0.1) is 24.9 Å². The molecule has 2 rings (SSSR count). The van der Waals surface area contributed by atoms with Gasteiger partial charge in [0.15, 0.2) is 0 Å². The molecule has 5 nitrogen and oxygen atoms in total. The minimum Gasteiger partial charge on any atom is -0.492 e. The number of halogens is 2. The summed E-state index contributed by atoms with van der Waals surface area (Å²) in [6, 6.07) is 11.9. The third-order valence-electron chi connectivity index (χ3n) is 2.75. The monoisotopic (exact) mass is 556 g/mol. The van der Waals surface area contributed by atoms with Gasteiger partial charge in [0, 0.05) is 0 Å². The third-order valence-corrected chi connectivity index (χ3v) is 5.59. The number of ether oxygens (including phenoxy) is 1. The predicted octanol–water partition coefficient (Wildman–Crippen LogP) is 3.61. The van der Waals surface area contributed by atoms with E-state index in [1.165, 1.54) is 18.3 Å². The average Bonchev–Trinajstić information content (AvgIpc) is 2.52. The van der Waals surface area contributed by atoms with Gasteiger partial charge < -0.3 is 4.74 Å². The Morgan fingerprint density at radius 2 is 1.78 bits per heavy atom. The van der Waals surface area contributed by atoms with Crippen LogP contribution in [-0.2, 0) is 10.0 Å². The maximum absolute atomic E-state index is 12.0. The standard InChI is InChI=1S/C15H14I2N2O3S/c1-2-22-15-13(16)8-11(9-14(15)17)10-18-19-23(20,21)12-6-4-3-5-7-12/h3-10,19H,2H2,1H3/b18-10-. The molecule has 2 aromatic rings. The summed E-state index contributed by atoms with van der Waals surface area (Å²) in [6.45, 7) is 2.52. The largest absolute Gasteiger partial charge is 0.492 e. The molecule has 0 atom stereocenters. The molecule has 0 fully saturated rings. The SMILES string of the molecule is CCOc1c(I)cc(/C=N\NS(=O)(=O)c2ccccc2)cc1I. The van der Waals surface area contributed by atoms with Crippen LogP contribution in [0.5, 0.6) is 5.75 Å². The van der Waals surface area contributed by atoms with Gasteiger partial charge in [-0.15, -0.1) is 0 Å². The van der Waals surface area contributed by atoms with Crippen LogP contribution in [0.2, 0.25) is 0 Å². The van der Waals surface area contributed by atoms with Crippen LogP contribution in [0.25, 0.3) is 0 Å². The predicted molar refractivity (Wildman–Crippen MR) is 107 cm³/mol. The van der Waals surface area contributed by atoms with E-state index in [-0.39, 0.29) is 4.90 Å². The highest BCUT2D eigenvalue weighted by atomic mass is 127. The molecule has 0 aliphatic heterocycles. The number of hydrogen-bond acceptors (Lipinski definition) is 4. The number of nitrogens with zero attached hydrogens (tertiary/aromatic N) is 1. The normalized spacial score (nSPS) is 11.6. The molecule has 0 saturated heterocycles. The molecule has 23 heavy (non-hydrogen) atoms. The lowest BCUT2D eigenvalue weighted by atomic mass is 10.2. The second-order valence-electron chi connectivity index (χ2n) is 4.41. The lowest BCUT2D eigenvalue weighted by molar-refractivity contribution is 0.335. The molecule has 0 amide bonds. The summed E-state index contributed by atoms with van der Waals surface area (Å²) in [6.07, 6.45) is 1.47. The maximum Gasteiger partial charge on any atom is 0.276 e. The summed E-state index contributed by atoms with van der Waals surface area (Å²) in [7, 11) is -3.64. The quantitative estimate of drug-likeness (QED) is 0.336. The van der Waals surface area contributed by atoms with Gasteiger partial charge in [-0.3, -0.25) is 0 Å². The average molecular weight is 556 g/mol. The van der Waals surface area contributed by atoms with Gasteiger partial charge >= 0.3 is 0 Å². The number of hydrogen-bond donors (Lipinski definition) is 1. The van der Waals surface area contributed by atoms with Gasteiger partial charge in [-0.25, -0.2) is 4.83 Å². The third kappa shape index (κ3) is 5.05. The number of benzene rings is 2. The van der Waals surface area contributed by atoms with Crippen molar-refractivity contribution in [2.45, 2.75) is 11.8 Å². The zero-order valence-corrected chi connectivity index (χ0v) is 17.3. The van der Waals surface area contributed by atoms with E-state index in [9.17, 15) is 8.42 Å². The lowest BCUT2D eigenvalue weighted by Crippen LogP contribution is -2.18. The highest BCUT2D eigenvalue weighted by Gasteiger charge is 2.11. The molecule has 1 N–H and O–H groups in total. The van der Waals surface area contributed by atoms with Crippen LogP contribution in [0, 0.1) is 7.14 Å². The highest BCUT2D eigenvalue weighted by Crippen LogP contribution is 2.28. The van der Waals surface area contributed by atoms with Gasteiger partial charge in [-0.05, 0) is 81.9 Å². The van der Waals surface area contributed by atoms with Crippen molar-refractivity contribution in [1.82, 2.24) is 4.83 Å². The second kappa shape index (κ2) is 8.29. The molecule has 0 bridgehead atoms. The van der Waals surface area contributed by atoms with E-state index in [0.717, 1.165) is 18.5 Å². The van der Waals surface area contributed by atoms with E-state index in [4.69, 9.17) is 4.74 Å². The Bertz CT molecular complexity index is 786. The fourth-order valence-corrected chi connectivity index (χ4v) is 4.70. The summed E-state index contributed by atoms with van der Waals surface area (Å²) < 4.78 is 31.6. The molecule has 0 aromatic heterocycles. The highest BCUT2D eigenvalue weighted by molar-refractivity contribution is 14.1. The molecular formula is C15H14I2N2O3S. The first-order chi connectivity index (χ1) is 10.9. The zero-order chi connectivity index (χ0) is 16.9. The van der Waals surface area contributed by atoms with Crippen LogP contribution >= 0.6 is 45.2 Å². The van der Waals surface area contributed by atoms with E-state index in [2.05, 4.69) is 55.1 Å². The van der Waals surface area contributed by atoms with Crippen LogP contribution in [0.1, 0.15) is 12.5 Å². The summed E-state index contributed by atoms with van der Waals surface area (Å²) in [5.41, 5.74) is 0.790. The fourth-order valence-electron chi connectivity index (χ4n) is 1.76. The molecular weight excluding hydrogens is 542 g/mol. The second-order valence-corrected chi connectivity index (χ2v) is 8.40. The van der Waals surface area contributed by atoms with Crippen molar-refractivity contribution in [3.63, 3.8) is 0 Å². The first-order valence-corrected chi connectivity index (χ1v) is 10.3. The molecule has 2 aromatic carbocycles. The Morgan fingerprint density at radius 3 is 2.35 bits per heavy atom. The molecule has 122 valence electrons. The zero-order valence-electron chi connectivity index (χ0n) is 12.2. The molecule has 0 spiro atoms. The van der Waals surface area contributed by atoms with Crippen molar-refractivity contribution in [3.05, 3.63) is 55.2 Å². The Morgan fingerprint density at radius 1 is 1.17 bits per heavy atom. The molecule has 0 aliphatic carbocycles. The van der Waals surface area contributed by atoms with E-state index < -0.39 is 10.0 Å². The van der Waals surface area contributed by atoms with E-state index in [1.54, 1.807) is 18.2 Å². The van der Waals surface area contributed by atoms with Crippen LogP contribution in [0.4, 0.5) is 0 Å². The molecule has 0 heterocycles. The molecule has 8 heteroatoms. The summed E-state index contributed by atoms with van der Waals surface area (Å²) >= 11 is 4.36. The summed E-state index contributed by atoms with van der Waals surface area (Å²) in [5.74, 6) is 0.829. The van der Waals surface area contributed by atoms with Gasteiger partial charge in [-0.1, -0.05) is 18.2 Å². The van der Waals surface area contributed by atoms with Crippen molar-refractivity contribution in [2.75, 3.05) is 6.61 Å². The van der Waals surface area contributed by atoms with Gasteiger partial charge in [0.25, 0.3) is 10.0 Å². The van der Waals surface area contributed by atoms with E-state index >= 15 is 0 Å². The van der Waals surface area contributed by atoms with E-state index in [1.807, 2.05) is 19.1 Å². The number of rotatable bonds is 6. The Kier molecular flexibility index (Phi) is 6.65. The number of sulfonamides is 1. The van der Waals surface area contributed by atoms with Crippen molar-refractivity contribution in [2.24, 2.45) is 5.10 Å². The van der Waals surface area contributed by atoms with Crippen molar-refractivity contribution < 1.29 is 13.2 Å².